The third-order valence-corrected chi connectivity index (χ3v) is 3.99. The van der Waals surface area contributed by atoms with Crippen molar-refractivity contribution in [3.8, 4) is 0 Å². The Morgan fingerprint density at radius 3 is 2.50 bits per heavy atom. The Morgan fingerprint density at radius 2 is 2.00 bits per heavy atom. The highest BCUT2D eigenvalue weighted by Crippen LogP contribution is 2.28. The van der Waals surface area contributed by atoms with Crippen LogP contribution < -0.4 is 5.32 Å². The number of aliphatic hydroxyl groups excluding tert-OH is 1. The molecule has 0 bridgehead atoms. The van der Waals surface area contributed by atoms with Crippen LogP contribution in [0.3, 0.4) is 0 Å². The lowest BCUT2D eigenvalue weighted by atomic mass is 9.92. The van der Waals surface area contributed by atoms with Crippen LogP contribution in [0.15, 0.2) is 18.2 Å². The predicted octanol–water partition coefficient (Wildman–Crippen LogP) is 2.62. The Balaban J connectivity index is 2.76. The van der Waals surface area contributed by atoms with Crippen LogP contribution in [0, 0.1) is 5.82 Å². The fourth-order valence-electron chi connectivity index (χ4n) is 2.20. The standard InChI is InChI=1S/C15H24ClFN2O/c1-4-19(5-2)9-8-18-15(3,11-20)13-7-6-12(17)10-14(13)16/h6-7,10,18,20H,4-5,8-9,11H2,1-3H3. The van der Waals surface area contributed by atoms with E-state index in [-0.39, 0.29) is 12.4 Å². The van der Waals surface area contributed by atoms with Crippen molar-refractivity contribution < 1.29 is 9.50 Å². The Hall–Kier alpha value is -0.680. The average molecular weight is 303 g/mol. The van der Waals surface area contributed by atoms with Crippen molar-refractivity contribution in [1.29, 1.82) is 0 Å². The van der Waals surface area contributed by atoms with E-state index in [2.05, 4.69) is 24.1 Å². The molecule has 0 amide bonds. The summed E-state index contributed by atoms with van der Waals surface area (Å²) < 4.78 is 13.1. The molecular formula is C15H24ClFN2O. The Morgan fingerprint density at radius 1 is 1.35 bits per heavy atom. The van der Waals surface area contributed by atoms with Crippen molar-refractivity contribution in [3.63, 3.8) is 0 Å². The molecule has 1 atom stereocenters. The van der Waals surface area contributed by atoms with Crippen LogP contribution in [0.1, 0.15) is 26.3 Å². The number of rotatable bonds is 8. The van der Waals surface area contributed by atoms with Crippen molar-refractivity contribution in [3.05, 3.63) is 34.6 Å². The van der Waals surface area contributed by atoms with Crippen LogP contribution in [-0.4, -0.2) is 42.8 Å². The molecule has 0 aliphatic carbocycles. The van der Waals surface area contributed by atoms with Gasteiger partial charge in [0, 0.05) is 18.1 Å². The third kappa shape index (κ3) is 4.42. The molecule has 0 heterocycles. The van der Waals surface area contributed by atoms with Gasteiger partial charge in [-0.3, -0.25) is 0 Å². The zero-order valence-corrected chi connectivity index (χ0v) is 13.2. The molecule has 0 aliphatic heterocycles. The van der Waals surface area contributed by atoms with Crippen LogP contribution in [-0.2, 0) is 5.54 Å². The van der Waals surface area contributed by atoms with Crippen molar-refractivity contribution in [1.82, 2.24) is 10.2 Å². The molecule has 0 saturated heterocycles. The molecule has 0 fully saturated rings. The minimum absolute atomic E-state index is 0.101. The Kier molecular flexibility index (Phi) is 6.89. The zero-order valence-electron chi connectivity index (χ0n) is 12.4. The van der Waals surface area contributed by atoms with Crippen LogP contribution in [0.2, 0.25) is 5.02 Å². The quantitative estimate of drug-likeness (QED) is 0.775. The second-order valence-electron chi connectivity index (χ2n) is 5.07. The summed E-state index contributed by atoms with van der Waals surface area (Å²) in [6, 6.07) is 4.26. The molecule has 0 saturated carbocycles. The molecule has 2 N–H and O–H groups in total. The van der Waals surface area contributed by atoms with Gasteiger partial charge in [0.1, 0.15) is 5.82 Å². The van der Waals surface area contributed by atoms with Crippen molar-refractivity contribution in [2.24, 2.45) is 0 Å². The van der Waals surface area contributed by atoms with E-state index in [1.165, 1.54) is 12.1 Å². The number of hydrogen-bond acceptors (Lipinski definition) is 3. The maximum absolute atomic E-state index is 13.1. The molecule has 0 aromatic heterocycles. The molecule has 3 nitrogen and oxygen atoms in total. The number of aliphatic hydroxyl groups is 1. The summed E-state index contributed by atoms with van der Waals surface area (Å²) in [5.74, 6) is -0.373. The van der Waals surface area contributed by atoms with Crippen LogP contribution in [0.4, 0.5) is 4.39 Å². The lowest BCUT2D eigenvalue weighted by Gasteiger charge is -2.31. The molecule has 0 radical (unpaired) electrons. The van der Waals surface area contributed by atoms with E-state index in [9.17, 15) is 9.50 Å². The van der Waals surface area contributed by atoms with Crippen LogP contribution >= 0.6 is 11.6 Å². The SMILES string of the molecule is CCN(CC)CCNC(C)(CO)c1ccc(F)cc1Cl. The van der Waals surface area contributed by atoms with E-state index in [0.717, 1.165) is 26.2 Å². The van der Waals surface area contributed by atoms with E-state index in [1.54, 1.807) is 6.07 Å². The van der Waals surface area contributed by atoms with Crippen LogP contribution in [0.5, 0.6) is 0 Å². The third-order valence-electron chi connectivity index (χ3n) is 3.68. The van der Waals surface area contributed by atoms with Gasteiger partial charge in [-0.05, 0) is 37.7 Å². The van der Waals surface area contributed by atoms with Gasteiger partial charge in [0.2, 0.25) is 0 Å². The minimum Gasteiger partial charge on any atom is -0.394 e. The van der Waals surface area contributed by atoms with E-state index < -0.39 is 5.54 Å². The van der Waals surface area contributed by atoms with Gasteiger partial charge in [0.05, 0.1) is 12.1 Å². The lowest BCUT2D eigenvalue weighted by molar-refractivity contribution is 0.168. The Labute approximate surface area is 125 Å². The van der Waals surface area contributed by atoms with Gasteiger partial charge in [-0.25, -0.2) is 4.39 Å². The Bertz CT molecular complexity index is 426. The van der Waals surface area contributed by atoms with Gasteiger partial charge in [-0.15, -0.1) is 0 Å². The average Bonchev–Trinajstić information content (AvgIpc) is 2.43. The number of benzene rings is 1. The smallest absolute Gasteiger partial charge is 0.124 e. The van der Waals surface area contributed by atoms with Gasteiger partial charge >= 0.3 is 0 Å². The summed E-state index contributed by atoms with van der Waals surface area (Å²) in [6.45, 7) is 9.60. The fraction of sp³-hybridized carbons (Fsp3) is 0.600. The predicted molar refractivity (Wildman–Crippen MR) is 81.6 cm³/mol. The molecule has 1 unspecified atom stereocenters. The molecule has 1 aromatic carbocycles. The summed E-state index contributed by atoms with van der Waals surface area (Å²) in [5, 5.41) is 13.3. The highest BCUT2D eigenvalue weighted by molar-refractivity contribution is 6.31. The van der Waals surface area contributed by atoms with E-state index in [0.29, 0.717) is 10.6 Å². The first-order chi connectivity index (χ1) is 9.46. The van der Waals surface area contributed by atoms with E-state index >= 15 is 0 Å². The molecule has 5 heteroatoms. The number of nitrogens with one attached hydrogen (secondary N) is 1. The summed E-state index contributed by atoms with van der Waals surface area (Å²) >= 11 is 6.09. The molecule has 0 spiro atoms. The topological polar surface area (TPSA) is 35.5 Å². The lowest BCUT2D eigenvalue weighted by Crippen LogP contribution is -2.46. The molecule has 1 aromatic rings. The van der Waals surface area contributed by atoms with Crippen LogP contribution in [0.25, 0.3) is 0 Å². The number of hydrogen-bond donors (Lipinski definition) is 2. The van der Waals surface area contributed by atoms with E-state index in [1.807, 2.05) is 6.92 Å². The van der Waals surface area contributed by atoms with Gasteiger partial charge < -0.3 is 15.3 Å². The monoisotopic (exact) mass is 302 g/mol. The highest BCUT2D eigenvalue weighted by atomic mass is 35.5. The second-order valence-corrected chi connectivity index (χ2v) is 5.48. The van der Waals surface area contributed by atoms with Gasteiger partial charge in [-0.2, -0.15) is 0 Å². The summed E-state index contributed by atoms with van der Waals surface area (Å²) in [4.78, 5) is 2.29. The van der Waals surface area contributed by atoms with Crippen molar-refractivity contribution in [2.45, 2.75) is 26.3 Å². The normalized spacial score (nSPS) is 14.6. The van der Waals surface area contributed by atoms with Crippen molar-refractivity contribution in [2.75, 3.05) is 32.8 Å². The molecule has 20 heavy (non-hydrogen) atoms. The molecular weight excluding hydrogens is 279 g/mol. The largest absolute Gasteiger partial charge is 0.394 e. The number of nitrogens with zero attached hydrogens (tertiary/aromatic N) is 1. The number of likely N-dealkylation sites (N-methyl/N-ethyl adjacent to an activating group) is 1. The van der Waals surface area contributed by atoms with Gasteiger partial charge in [0.25, 0.3) is 0 Å². The summed E-state index contributed by atoms with van der Waals surface area (Å²) in [6.07, 6.45) is 0. The maximum Gasteiger partial charge on any atom is 0.124 e. The molecule has 114 valence electrons. The first-order valence-corrected chi connectivity index (χ1v) is 7.38. The maximum atomic E-state index is 13.1. The fourth-order valence-corrected chi connectivity index (χ4v) is 2.58. The first kappa shape index (κ1) is 17.4. The van der Waals surface area contributed by atoms with Gasteiger partial charge in [0.15, 0.2) is 0 Å². The molecule has 1 rings (SSSR count). The van der Waals surface area contributed by atoms with Crippen molar-refractivity contribution >= 4 is 11.6 Å². The minimum atomic E-state index is -0.669. The number of halogens is 2. The second kappa shape index (κ2) is 7.93. The summed E-state index contributed by atoms with van der Waals surface area (Å²) in [5.41, 5.74) is 0.0420. The summed E-state index contributed by atoms with van der Waals surface area (Å²) in [7, 11) is 0. The first-order valence-electron chi connectivity index (χ1n) is 7.00. The molecule has 0 aliphatic rings. The highest BCUT2D eigenvalue weighted by Gasteiger charge is 2.27. The van der Waals surface area contributed by atoms with Gasteiger partial charge in [-0.1, -0.05) is 31.5 Å². The zero-order chi connectivity index (χ0) is 15.2. The van der Waals surface area contributed by atoms with E-state index in [4.69, 9.17) is 11.6 Å².